The van der Waals surface area contributed by atoms with Gasteiger partial charge in [-0.2, -0.15) is 0 Å². The third-order valence-electron chi connectivity index (χ3n) is 3.30. The summed E-state index contributed by atoms with van der Waals surface area (Å²) in [7, 11) is 2.18. The number of fused-ring (bicyclic) bond motifs is 1. The summed E-state index contributed by atoms with van der Waals surface area (Å²) in [5.74, 6) is 0. The molecular formula is C13H17N3S. The van der Waals surface area contributed by atoms with E-state index in [0.717, 1.165) is 30.2 Å². The van der Waals surface area contributed by atoms with Crippen molar-refractivity contribution in [2.45, 2.75) is 13.0 Å². The quantitative estimate of drug-likeness (QED) is 0.837. The number of hydrogen-bond donors (Lipinski definition) is 1. The lowest BCUT2D eigenvalue weighted by atomic mass is 10.0. The minimum absolute atomic E-state index is 0.459. The molecule has 2 aromatic rings. The second-order valence-corrected chi connectivity index (χ2v) is 5.96. The van der Waals surface area contributed by atoms with Gasteiger partial charge in [0.15, 0.2) is 0 Å². The van der Waals surface area contributed by atoms with Crippen LogP contribution in [0.25, 0.3) is 10.2 Å². The zero-order chi connectivity index (χ0) is 11.8. The van der Waals surface area contributed by atoms with E-state index in [1.165, 1.54) is 10.3 Å². The van der Waals surface area contributed by atoms with Gasteiger partial charge in [0.2, 0.25) is 0 Å². The third kappa shape index (κ3) is 2.20. The molecule has 2 heterocycles. The van der Waals surface area contributed by atoms with Gasteiger partial charge in [0.25, 0.3) is 0 Å². The molecule has 1 aliphatic heterocycles. The molecule has 3 rings (SSSR count). The summed E-state index contributed by atoms with van der Waals surface area (Å²) in [4.78, 5) is 6.88. The number of aryl methyl sites for hydroxylation is 1. The molecule has 3 nitrogen and oxygen atoms in total. The Morgan fingerprint density at radius 2 is 2.35 bits per heavy atom. The predicted octanol–water partition coefficient (Wildman–Crippen LogP) is 2.18. The lowest BCUT2D eigenvalue weighted by Gasteiger charge is -2.31. The standard InChI is InChI=1S/C13H17N3S/c1-9-15-11-4-3-10(7-13(11)17-9)12-8-16(2)6-5-14-12/h3-4,7,12,14H,5-6,8H2,1-2H3. The minimum atomic E-state index is 0.459. The van der Waals surface area contributed by atoms with Crippen molar-refractivity contribution in [1.82, 2.24) is 15.2 Å². The first-order valence-electron chi connectivity index (χ1n) is 6.01. The molecule has 90 valence electrons. The lowest BCUT2D eigenvalue weighted by molar-refractivity contribution is 0.241. The molecule has 4 heteroatoms. The average molecular weight is 247 g/mol. The zero-order valence-corrected chi connectivity index (χ0v) is 11.0. The number of hydrogen-bond acceptors (Lipinski definition) is 4. The summed E-state index contributed by atoms with van der Waals surface area (Å²) < 4.78 is 1.30. The molecule has 0 radical (unpaired) electrons. The maximum Gasteiger partial charge on any atom is 0.0907 e. The Hall–Kier alpha value is -0.970. The molecule has 1 unspecified atom stereocenters. The van der Waals surface area contributed by atoms with Crippen LogP contribution in [0, 0.1) is 6.92 Å². The lowest BCUT2D eigenvalue weighted by Crippen LogP contribution is -2.43. The fraction of sp³-hybridized carbons (Fsp3) is 0.462. The van der Waals surface area contributed by atoms with Crippen LogP contribution >= 0.6 is 11.3 Å². The van der Waals surface area contributed by atoms with Crippen LogP contribution < -0.4 is 5.32 Å². The highest BCUT2D eigenvalue weighted by atomic mass is 32.1. The maximum absolute atomic E-state index is 4.50. The van der Waals surface area contributed by atoms with Crippen LogP contribution in [0.15, 0.2) is 18.2 Å². The number of aromatic nitrogens is 1. The predicted molar refractivity (Wildman–Crippen MR) is 72.6 cm³/mol. The third-order valence-corrected chi connectivity index (χ3v) is 4.23. The van der Waals surface area contributed by atoms with Gasteiger partial charge in [0.05, 0.1) is 15.2 Å². The van der Waals surface area contributed by atoms with Crippen molar-refractivity contribution in [3.8, 4) is 0 Å². The average Bonchev–Trinajstić information content (AvgIpc) is 2.68. The molecule has 1 fully saturated rings. The summed E-state index contributed by atoms with van der Waals surface area (Å²) in [5, 5.41) is 4.72. The van der Waals surface area contributed by atoms with Crippen LogP contribution in [0.4, 0.5) is 0 Å². The normalized spacial score (nSPS) is 22.1. The van der Waals surface area contributed by atoms with Crippen molar-refractivity contribution in [3.05, 3.63) is 28.8 Å². The largest absolute Gasteiger partial charge is 0.308 e. The van der Waals surface area contributed by atoms with Crippen molar-refractivity contribution in [3.63, 3.8) is 0 Å². The molecule has 0 spiro atoms. The van der Waals surface area contributed by atoms with E-state index in [4.69, 9.17) is 0 Å². The van der Waals surface area contributed by atoms with E-state index in [1.54, 1.807) is 11.3 Å². The number of likely N-dealkylation sites (N-methyl/N-ethyl adjacent to an activating group) is 1. The second-order valence-electron chi connectivity index (χ2n) is 4.73. The van der Waals surface area contributed by atoms with E-state index in [9.17, 15) is 0 Å². The molecule has 0 aliphatic carbocycles. The first kappa shape index (κ1) is 11.1. The number of rotatable bonds is 1. The summed E-state index contributed by atoms with van der Waals surface area (Å²) in [6.07, 6.45) is 0. The Morgan fingerprint density at radius 1 is 1.47 bits per heavy atom. The number of nitrogens with one attached hydrogen (secondary N) is 1. The zero-order valence-electron chi connectivity index (χ0n) is 10.2. The molecular weight excluding hydrogens is 230 g/mol. The first-order chi connectivity index (χ1) is 8.22. The van der Waals surface area contributed by atoms with Gasteiger partial charge in [0, 0.05) is 25.7 Å². The highest BCUT2D eigenvalue weighted by molar-refractivity contribution is 7.18. The summed E-state index contributed by atoms with van der Waals surface area (Å²) in [5.41, 5.74) is 2.51. The van der Waals surface area contributed by atoms with Crippen LogP contribution in [-0.2, 0) is 0 Å². The summed E-state index contributed by atoms with van der Waals surface area (Å²) in [6, 6.07) is 7.10. The highest BCUT2D eigenvalue weighted by Gasteiger charge is 2.18. The highest BCUT2D eigenvalue weighted by Crippen LogP contribution is 2.26. The molecule has 1 atom stereocenters. The summed E-state index contributed by atoms with van der Waals surface area (Å²) in [6.45, 7) is 5.36. The molecule has 17 heavy (non-hydrogen) atoms. The minimum Gasteiger partial charge on any atom is -0.308 e. The Balaban J connectivity index is 1.94. The Kier molecular flexibility index (Phi) is 2.86. The van der Waals surface area contributed by atoms with Crippen LogP contribution in [0.5, 0.6) is 0 Å². The van der Waals surface area contributed by atoms with Crippen molar-refractivity contribution < 1.29 is 0 Å². The molecule has 1 aromatic carbocycles. The monoisotopic (exact) mass is 247 g/mol. The number of piperazine rings is 1. The van der Waals surface area contributed by atoms with Gasteiger partial charge < -0.3 is 10.2 Å². The fourth-order valence-corrected chi connectivity index (χ4v) is 3.27. The van der Waals surface area contributed by atoms with Crippen molar-refractivity contribution in [2.75, 3.05) is 26.7 Å². The molecule has 1 saturated heterocycles. The molecule has 0 bridgehead atoms. The van der Waals surface area contributed by atoms with E-state index < -0.39 is 0 Å². The van der Waals surface area contributed by atoms with Crippen LogP contribution in [0.3, 0.4) is 0 Å². The maximum atomic E-state index is 4.50. The van der Waals surface area contributed by atoms with Gasteiger partial charge in [0.1, 0.15) is 0 Å². The number of thiazole rings is 1. The van der Waals surface area contributed by atoms with Gasteiger partial charge in [-0.05, 0) is 31.7 Å². The van der Waals surface area contributed by atoms with Gasteiger partial charge in [-0.25, -0.2) is 4.98 Å². The first-order valence-corrected chi connectivity index (χ1v) is 6.83. The smallest absolute Gasteiger partial charge is 0.0907 e. The molecule has 1 aliphatic rings. The Morgan fingerprint density at radius 3 is 3.18 bits per heavy atom. The Labute approximate surface area is 105 Å². The Bertz CT molecular complexity index is 534. The van der Waals surface area contributed by atoms with Crippen LogP contribution in [0.2, 0.25) is 0 Å². The van der Waals surface area contributed by atoms with Gasteiger partial charge in [-0.15, -0.1) is 11.3 Å². The van der Waals surface area contributed by atoms with Crippen molar-refractivity contribution in [2.24, 2.45) is 0 Å². The molecule has 1 N–H and O–H groups in total. The van der Waals surface area contributed by atoms with Gasteiger partial charge in [-0.1, -0.05) is 6.07 Å². The summed E-state index contributed by atoms with van der Waals surface area (Å²) >= 11 is 1.78. The van der Waals surface area contributed by atoms with E-state index in [2.05, 4.69) is 47.4 Å². The van der Waals surface area contributed by atoms with E-state index in [-0.39, 0.29) is 0 Å². The van der Waals surface area contributed by atoms with Gasteiger partial charge >= 0.3 is 0 Å². The van der Waals surface area contributed by atoms with Crippen molar-refractivity contribution in [1.29, 1.82) is 0 Å². The van der Waals surface area contributed by atoms with E-state index >= 15 is 0 Å². The van der Waals surface area contributed by atoms with Gasteiger partial charge in [-0.3, -0.25) is 0 Å². The number of benzene rings is 1. The fourth-order valence-electron chi connectivity index (χ4n) is 2.39. The van der Waals surface area contributed by atoms with Crippen LogP contribution in [0.1, 0.15) is 16.6 Å². The molecule has 0 saturated carbocycles. The molecule has 1 aromatic heterocycles. The second kappa shape index (κ2) is 4.37. The number of nitrogens with zero attached hydrogens (tertiary/aromatic N) is 2. The topological polar surface area (TPSA) is 28.2 Å². The van der Waals surface area contributed by atoms with E-state index in [1.807, 2.05) is 0 Å². The van der Waals surface area contributed by atoms with Crippen molar-refractivity contribution >= 4 is 21.6 Å². The van der Waals surface area contributed by atoms with E-state index in [0.29, 0.717) is 6.04 Å². The SMILES string of the molecule is Cc1nc2ccc(C3CN(C)CCN3)cc2s1. The molecule has 0 amide bonds. The van der Waals surface area contributed by atoms with Crippen LogP contribution in [-0.4, -0.2) is 36.6 Å².